The number of carbonyl (C=O) groups is 1. The van der Waals surface area contributed by atoms with Crippen LogP contribution in [0.2, 0.25) is 0 Å². The standard InChI is InChI=1S/C8H10ClNO3/c9-8(7(12)13)3-1-6(2-4-8)10-5-11/h6H,1-4H2,(H,12,13). The molecular formula is C8H10ClNO3. The first-order valence-corrected chi connectivity index (χ1v) is 4.45. The lowest BCUT2D eigenvalue weighted by atomic mass is 9.85. The van der Waals surface area contributed by atoms with Crippen molar-refractivity contribution in [1.82, 2.24) is 0 Å². The number of halogens is 1. The highest BCUT2D eigenvalue weighted by molar-refractivity contribution is 6.33. The van der Waals surface area contributed by atoms with E-state index in [1.807, 2.05) is 0 Å². The van der Waals surface area contributed by atoms with Crippen LogP contribution in [-0.2, 0) is 9.59 Å². The summed E-state index contributed by atoms with van der Waals surface area (Å²) in [7, 11) is 0. The Morgan fingerprint density at radius 3 is 2.46 bits per heavy atom. The van der Waals surface area contributed by atoms with E-state index >= 15 is 0 Å². The van der Waals surface area contributed by atoms with Gasteiger partial charge in [0.2, 0.25) is 6.08 Å². The van der Waals surface area contributed by atoms with Gasteiger partial charge in [-0.25, -0.2) is 9.79 Å². The van der Waals surface area contributed by atoms with Crippen LogP contribution >= 0.6 is 11.6 Å². The smallest absolute Gasteiger partial charge is 0.324 e. The van der Waals surface area contributed by atoms with Crippen LogP contribution in [0.4, 0.5) is 0 Å². The Bertz CT molecular complexity index is 252. The molecule has 0 amide bonds. The first kappa shape index (κ1) is 10.2. The van der Waals surface area contributed by atoms with Crippen LogP contribution in [0.1, 0.15) is 25.7 Å². The van der Waals surface area contributed by atoms with Crippen molar-refractivity contribution in [3.63, 3.8) is 0 Å². The predicted molar refractivity (Wildman–Crippen MR) is 46.6 cm³/mol. The molecular weight excluding hydrogens is 194 g/mol. The predicted octanol–water partition coefficient (Wildman–Crippen LogP) is 1.33. The number of nitrogens with zero attached hydrogens (tertiary/aromatic N) is 1. The van der Waals surface area contributed by atoms with Crippen molar-refractivity contribution in [2.45, 2.75) is 36.6 Å². The number of isocyanates is 1. The summed E-state index contributed by atoms with van der Waals surface area (Å²) in [4.78, 5) is 23.0. The molecule has 5 heteroatoms. The minimum Gasteiger partial charge on any atom is -0.480 e. The number of aliphatic carboxylic acids is 1. The quantitative estimate of drug-likeness (QED) is 0.418. The first-order chi connectivity index (χ1) is 6.08. The zero-order chi connectivity index (χ0) is 9.90. The molecule has 1 N–H and O–H groups in total. The summed E-state index contributed by atoms with van der Waals surface area (Å²) in [6.07, 6.45) is 3.29. The fourth-order valence-corrected chi connectivity index (χ4v) is 1.70. The van der Waals surface area contributed by atoms with Crippen LogP contribution in [-0.4, -0.2) is 28.1 Å². The highest BCUT2D eigenvalue weighted by Gasteiger charge is 2.40. The van der Waals surface area contributed by atoms with Gasteiger partial charge in [-0.05, 0) is 25.7 Å². The summed E-state index contributed by atoms with van der Waals surface area (Å²) in [6, 6.07) is -0.0938. The Kier molecular flexibility index (Phi) is 3.07. The van der Waals surface area contributed by atoms with Crippen molar-refractivity contribution in [2.75, 3.05) is 0 Å². The van der Waals surface area contributed by atoms with Crippen molar-refractivity contribution in [3.05, 3.63) is 0 Å². The van der Waals surface area contributed by atoms with E-state index in [2.05, 4.69) is 4.99 Å². The maximum absolute atomic E-state index is 10.7. The lowest BCUT2D eigenvalue weighted by molar-refractivity contribution is -0.141. The second-order valence-corrected chi connectivity index (χ2v) is 3.95. The van der Waals surface area contributed by atoms with Crippen molar-refractivity contribution in [1.29, 1.82) is 0 Å². The zero-order valence-electron chi connectivity index (χ0n) is 6.99. The third-order valence-corrected chi connectivity index (χ3v) is 2.91. The maximum atomic E-state index is 10.7. The molecule has 0 unspecified atom stereocenters. The highest BCUT2D eigenvalue weighted by atomic mass is 35.5. The van der Waals surface area contributed by atoms with Crippen molar-refractivity contribution in [3.8, 4) is 0 Å². The second kappa shape index (κ2) is 3.90. The van der Waals surface area contributed by atoms with E-state index < -0.39 is 10.8 Å². The van der Waals surface area contributed by atoms with E-state index in [0.29, 0.717) is 25.7 Å². The molecule has 13 heavy (non-hydrogen) atoms. The average Bonchev–Trinajstić information content (AvgIpc) is 2.09. The molecule has 0 saturated heterocycles. The van der Waals surface area contributed by atoms with Gasteiger partial charge < -0.3 is 5.11 Å². The van der Waals surface area contributed by atoms with Gasteiger partial charge in [-0.2, -0.15) is 0 Å². The summed E-state index contributed by atoms with van der Waals surface area (Å²) in [5, 5.41) is 8.77. The van der Waals surface area contributed by atoms with E-state index in [0.717, 1.165) is 0 Å². The monoisotopic (exact) mass is 203 g/mol. The summed E-state index contributed by atoms with van der Waals surface area (Å²) < 4.78 is 0. The van der Waals surface area contributed by atoms with Gasteiger partial charge in [-0.3, -0.25) is 4.79 Å². The maximum Gasteiger partial charge on any atom is 0.324 e. The van der Waals surface area contributed by atoms with Gasteiger partial charge in [-0.15, -0.1) is 11.6 Å². The fourth-order valence-electron chi connectivity index (χ4n) is 1.48. The van der Waals surface area contributed by atoms with Crippen LogP contribution in [0.15, 0.2) is 4.99 Å². The number of carboxylic acid groups (broad SMARTS) is 1. The molecule has 1 saturated carbocycles. The number of alkyl halides is 1. The van der Waals surface area contributed by atoms with Crippen molar-refractivity contribution < 1.29 is 14.7 Å². The molecule has 0 bridgehead atoms. The third-order valence-electron chi connectivity index (χ3n) is 2.37. The fraction of sp³-hybridized carbons (Fsp3) is 0.750. The molecule has 0 aromatic carbocycles. The second-order valence-electron chi connectivity index (χ2n) is 3.22. The van der Waals surface area contributed by atoms with Crippen molar-refractivity contribution >= 4 is 23.7 Å². The normalized spacial score (nSPS) is 33.5. The third kappa shape index (κ3) is 2.29. The largest absolute Gasteiger partial charge is 0.480 e. The molecule has 0 aliphatic heterocycles. The number of aliphatic imine (C=N–C) groups is 1. The average molecular weight is 204 g/mol. The lowest BCUT2D eigenvalue weighted by Gasteiger charge is -2.29. The van der Waals surface area contributed by atoms with Gasteiger partial charge >= 0.3 is 5.97 Å². The van der Waals surface area contributed by atoms with Gasteiger partial charge in [0.05, 0.1) is 6.04 Å². The number of hydrogen-bond donors (Lipinski definition) is 1. The molecule has 0 aromatic rings. The zero-order valence-corrected chi connectivity index (χ0v) is 7.75. The Labute approximate surface area is 80.6 Å². The minimum absolute atomic E-state index is 0.0938. The van der Waals surface area contributed by atoms with Crippen LogP contribution in [0.3, 0.4) is 0 Å². The molecule has 0 aromatic heterocycles. The van der Waals surface area contributed by atoms with E-state index in [1.54, 1.807) is 0 Å². The molecule has 72 valence electrons. The molecule has 1 rings (SSSR count). The minimum atomic E-state index is -1.14. The van der Waals surface area contributed by atoms with Gasteiger partial charge in [0.1, 0.15) is 4.87 Å². The van der Waals surface area contributed by atoms with E-state index in [4.69, 9.17) is 16.7 Å². The van der Waals surface area contributed by atoms with Crippen LogP contribution in [0.5, 0.6) is 0 Å². The number of rotatable bonds is 2. The van der Waals surface area contributed by atoms with Crippen LogP contribution < -0.4 is 0 Å². The Morgan fingerprint density at radius 2 is 2.08 bits per heavy atom. The van der Waals surface area contributed by atoms with Crippen LogP contribution in [0, 0.1) is 0 Å². The SMILES string of the molecule is O=C=NC1CCC(Cl)(C(=O)O)CC1. The Balaban J connectivity index is 2.56. The lowest BCUT2D eigenvalue weighted by Crippen LogP contribution is -2.37. The van der Waals surface area contributed by atoms with Gasteiger partial charge in [0, 0.05) is 0 Å². The topological polar surface area (TPSA) is 66.7 Å². The molecule has 0 spiro atoms. The number of hydrogen-bond acceptors (Lipinski definition) is 3. The molecule has 1 aliphatic rings. The van der Waals surface area contributed by atoms with E-state index in [9.17, 15) is 9.59 Å². The van der Waals surface area contributed by atoms with Gasteiger partial charge in [0.15, 0.2) is 0 Å². The molecule has 4 nitrogen and oxygen atoms in total. The molecule has 0 radical (unpaired) electrons. The number of carbonyl (C=O) groups excluding carboxylic acids is 1. The first-order valence-electron chi connectivity index (χ1n) is 4.08. The molecule has 0 heterocycles. The van der Waals surface area contributed by atoms with Gasteiger partial charge in [0.25, 0.3) is 0 Å². The summed E-state index contributed by atoms with van der Waals surface area (Å²) in [6.45, 7) is 0. The van der Waals surface area contributed by atoms with E-state index in [1.165, 1.54) is 6.08 Å². The summed E-state index contributed by atoms with van der Waals surface area (Å²) >= 11 is 5.84. The Hall–Kier alpha value is -0.860. The van der Waals surface area contributed by atoms with Crippen molar-refractivity contribution in [2.24, 2.45) is 4.99 Å². The Morgan fingerprint density at radius 1 is 1.54 bits per heavy atom. The van der Waals surface area contributed by atoms with Gasteiger partial charge in [-0.1, -0.05) is 0 Å². The molecule has 1 aliphatic carbocycles. The molecule has 1 fully saturated rings. The van der Waals surface area contributed by atoms with E-state index in [-0.39, 0.29) is 6.04 Å². The number of carboxylic acids is 1. The highest BCUT2D eigenvalue weighted by Crippen LogP contribution is 2.35. The molecule has 0 atom stereocenters. The summed E-state index contributed by atoms with van der Waals surface area (Å²) in [5.41, 5.74) is 0. The van der Waals surface area contributed by atoms with Crippen LogP contribution in [0.25, 0.3) is 0 Å². The summed E-state index contributed by atoms with van der Waals surface area (Å²) in [5.74, 6) is -0.984.